The molecule has 1 unspecified atom stereocenters. The van der Waals surface area contributed by atoms with Gasteiger partial charge in [0.25, 0.3) is 0 Å². The Balaban J connectivity index is 2.15. The predicted molar refractivity (Wildman–Crippen MR) is 66.7 cm³/mol. The van der Waals surface area contributed by atoms with Crippen molar-refractivity contribution in [1.82, 2.24) is 0 Å². The van der Waals surface area contributed by atoms with Gasteiger partial charge in [-0.1, -0.05) is 13.8 Å². The van der Waals surface area contributed by atoms with Gasteiger partial charge in [-0.2, -0.15) is 0 Å². The van der Waals surface area contributed by atoms with E-state index < -0.39 is 11.4 Å². The third-order valence-corrected chi connectivity index (χ3v) is 4.09. The Hall–Kier alpha value is -0.120. The van der Waals surface area contributed by atoms with Crippen molar-refractivity contribution >= 4 is 0 Å². The summed E-state index contributed by atoms with van der Waals surface area (Å²) in [5.74, 6) is -0.107. The van der Waals surface area contributed by atoms with Gasteiger partial charge in [0.1, 0.15) is 0 Å². The quantitative estimate of drug-likeness (QED) is 0.809. The van der Waals surface area contributed by atoms with Crippen molar-refractivity contribution in [3.8, 4) is 0 Å². The van der Waals surface area contributed by atoms with E-state index in [-0.39, 0.29) is 0 Å². The maximum absolute atomic E-state index is 10.1. The van der Waals surface area contributed by atoms with Crippen LogP contribution in [0.1, 0.15) is 53.4 Å². The van der Waals surface area contributed by atoms with E-state index in [4.69, 9.17) is 9.47 Å². The minimum atomic E-state index is -0.652. The molecule has 3 heteroatoms. The lowest BCUT2D eigenvalue weighted by Crippen LogP contribution is -2.48. The lowest BCUT2D eigenvalue weighted by molar-refractivity contribution is -0.234. The summed E-state index contributed by atoms with van der Waals surface area (Å²) < 4.78 is 11.8. The highest BCUT2D eigenvalue weighted by molar-refractivity contribution is 4.95. The molecule has 0 bridgehead atoms. The minimum absolute atomic E-state index is 0.300. The molecule has 1 atom stereocenters. The van der Waals surface area contributed by atoms with E-state index in [0.717, 1.165) is 25.7 Å². The standard InChI is InChI=1S/C14H26O3/c1-12(2)5-6-14(16-7-8-17-14)11(9-12)10-13(3,4)15/h11,15H,5-10H2,1-4H3. The van der Waals surface area contributed by atoms with E-state index in [2.05, 4.69) is 13.8 Å². The molecule has 1 aliphatic heterocycles. The molecule has 0 amide bonds. The van der Waals surface area contributed by atoms with Crippen molar-refractivity contribution < 1.29 is 14.6 Å². The van der Waals surface area contributed by atoms with Gasteiger partial charge in [-0.05, 0) is 38.5 Å². The zero-order valence-electron chi connectivity index (χ0n) is 11.6. The van der Waals surface area contributed by atoms with Crippen LogP contribution in [0.5, 0.6) is 0 Å². The van der Waals surface area contributed by atoms with Crippen LogP contribution < -0.4 is 0 Å². The van der Waals surface area contributed by atoms with Crippen LogP contribution in [0.15, 0.2) is 0 Å². The number of rotatable bonds is 2. The van der Waals surface area contributed by atoms with Gasteiger partial charge in [-0.15, -0.1) is 0 Å². The molecule has 0 aromatic rings. The molecule has 3 nitrogen and oxygen atoms in total. The third-order valence-electron chi connectivity index (χ3n) is 4.09. The molecule has 1 N–H and O–H groups in total. The molecule has 2 fully saturated rings. The van der Waals surface area contributed by atoms with Crippen LogP contribution >= 0.6 is 0 Å². The highest BCUT2D eigenvalue weighted by Gasteiger charge is 2.51. The molecule has 1 aliphatic carbocycles. The Morgan fingerprint density at radius 2 is 1.76 bits per heavy atom. The number of ether oxygens (including phenoxy) is 2. The monoisotopic (exact) mass is 242 g/mol. The van der Waals surface area contributed by atoms with Crippen LogP contribution in [0.2, 0.25) is 0 Å². The molecule has 1 heterocycles. The van der Waals surface area contributed by atoms with Gasteiger partial charge >= 0.3 is 0 Å². The number of hydrogen-bond donors (Lipinski definition) is 1. The average molecular weight is 242 g/mol. The highest BCUT2D eigenvalue weighted by atomic mass is 16.7. The maximum atomic E-state index is 10.1. The van der Waals surface area contributed by atoms with Gasteiger partial charge in [0.15, 0.2) is 5.79 Å². The second-order valence-electron chi connectivity index (χ2n) is 7.09. The lowest BCUT2D eigenvalue weighted by atomic mass is 9.66. The lowest BCUT2D eigenvalue weighted by Gasteiger charge is -2.47. The Labute approximate surface area is 104 Å². The van der Waals surface area contributed by atoms with Gasteiger partial charge in [0.2, 0.25) is 0 Å². The van der Waals surface area contributed by atoms with E-state index in [9.17, 15) is 5.11 Å². The smallest absolute Gasteiger partial charge is 0.171 e. The van der Waals surface area contributed by atoms with E-state index in [1.807, 2.05) is 13.8 Å². The van der Waals surface area contributed by atoms with Gasteiger partial charge in [-0.25, -0.2) is 0 Å². The zero-order chi connectivity index (χ0) is 12.7. The summed E-state index contributed by atoms with van der Waals surface area (Å²) in [4.78, 5) is 0. The Kier molecular flexibility index (Phi) is 3.30. The van der Waals surface area contributed by atoms with Crippen molar-refractivity contribution in [2.24, 2.45) is 11.3 Å². The SMILES string of the molecule is CC(C)(O)CC1CC(C)(C)CCC12OCCO2. The Morgan fingerprint density at radius 3 is 2.29 bits per heavy atom. The van der Waals surface area contributed by atoms with Crippen LogP contribution in [0, 0.1) is 11.3 Å². The molecule has 1 saturated heterocycles. The first-order chi connectivity index (χ1) is 7.73. The van der Waals surface area contributed by atoms with Crippen molar-refractivity contribution in [3.05, 3.63) is 0 Å². The summed E-state index contributed by atoms with van der Waals surface area (Å²) in [6.07, 6.45) is 3.91. The van der Waals surface area contributed by atoms with E-state index in [0.29, 0.717) is 24.5 Å². The summed E-state index contributed by atoms with van der Waals surface area (Å²) in [5, 5.41) is 10.1. The first-order valence-electron chi connectivity index (χ1n) is 6.73. The van der Waals surface area contributed by atoms with E-state index >= 15 is 0 Å². The van der Waals surface area contributed by atoms with Crippen molar-refractivity contribution in [3.63, 3.8) is 0 Å². The van der Waals surface area contributed by atoms with Gasteiger partial charge in [0, 0.05) is 12.3 Å². The number of aliphatic hydroxyl groups is 1. The molecule has 1 saturated carbocycles. The third kappa shape index (κ3) is 3.01. The molecule has 2 rings (SSSR count). The molecular formula is C14H26O3. The van der Waals surface area contributed by atoms with Gasteiger partial charge in [-0.3, -0.25) is 0 Å². The van der Waals surface area contributed by atoms with Crippen LogP contribution in [-0.2, 0) is 9.47 Å². The number of hydrogen-bond acceptors (Lipinski definition) is 3. The summed E-state index contributed by atoms with van der Waals surface area (Å²) >= 11 is 0. The van der Waals surface area contributed by atoms with Crippen LogP contribution in [-0.4, -0.2) is 29.7 Å². The topological polar surface area (TPSA) is 38.7 Å². The van der Waals surface area contributed by atoms with E-state index in [1.165, 1.54) is 0 Å². The van der Waals surface area contributed by atoms with Crippen LogP contribution in [0.3, 0.4) is 0 Å². The van der Waals surface area contributed by atoms with Crippen LogP contribution in [0.25, 0.3) is 0 Å². The fourth-order valence-electron chi connectivity index (χ4n) is 3.32. The van der Waals surface area contributed by atoms with E-state index in [1.54, 1.807) is 0 Å². The van der Waals surface area contributed by atoms with Crippen molar-refractivity contribution in [1.29, 1.82) is 0 Å². The maximum Gasteiger partial charge on any atom is 0.171 e. The van der Waals surface area contributed by atoms with Crippen LogP contribution in [0.4, 0.5) is 0 Å². The normalized spacial score (nSPS) is 31.9. The largest absolute Gasteiger partial charge is 0.390 e. The fourth-order valence-corrected chi connectivity index (χ4v) is 3.32. The average Bonchev–Trinajstić information content (AvgIpc) is 2.59. The summed E-state index contributed by atoms with van der Waals surface area (Å²) in [6.45, 7) is 9.73. The molecule has 17 heavy (non-hydrogen) atoms. The molecule has 0 radical (unpaired) electrons. The fraction of sp³-hybridized carbons (Fsp3) is 1.00. The molecule has 1 spiro atoms. The molecular weight excluding hydrogens is 216 g/mol. The second-order valence-corrected chi connectivity index (χ2v) is 7.09. The Morgan fingerprint density at radius 1 is 1.18 bits per heavy atom. The summed E-state index contributed by atoms with van der Waals surface area (Å²) in [7, 11) is 0. The van der Waals surface area contributed by atoms with Gasteiger partial charge in [0.05, 0.1) is 18.8 Å². The predicted octanol–water partition coefficient (Wildman–Crippen LogP) is 2.72. The Bertz CT molecular complexity index is 270. The molecule has 0 aromatic carbocycles. The molecule has 100 valence electrons. The van der Waals surface area contributed by atoms with Gasteiger partial charge < -0.3 is 14.6 Å². The first-order valence-corrected chi connectivity index (χ1v) is 6.73. The minimum Gasteiger partial charge on any atom is -0.390 e. The molecule has 0 aromatic heterocycles. The van der Waals surface area contributed by atoms with Crippen molar-refractivity contribution in [2.45, 2.75) is 64.8 Å². The second kappa shape index (κ2) is 4.22. The zero-order valence-corrected chi connectivity index (χ0v) is 11.6. The molecule has 2 aliphatic rings. The highest BCUT2D eigenvalue weighted by Crippen LogP contribution is 2.50. The van der Waals surface area contributed by atoms with Crippen molar-refractivity contribution in [2.75, 3.05) is 13.2 Å². The summed E-state index contributed by atoms with van der Waals surface area (Å²) in [5.41, 5.74) is -0.323. The first kappa shape index (κ1) is 13.3. The summed E-state index contributed by atoms with van der Waals surface area (Å²) in [6, 6.07) is 0.